The van der Waals surface area contributed by atoms with Gasteiger partial charge < -0.3 is 4.79 Å². The Bertz CT molecular complexity index is 336. The molecular formula is C18H36O3S. The van der Waals surface area contributed by atoms with Gasteiger partial charge in [0, 0.05) is 0 Å². The molecule has 0 aliphatic rings. The fourth-order valence-electron chi connectivity index (χ4n) is 2.70. The molecule has 0 bridgehead atoms. The summed E-state index contributed by atoms with van der Waals surface area (Å²) in [6, 6.07) is 0. The summed E-state index contributed by atoms with van der Waals surface area (Å²) in [5, 5.41) is 0. The van der Waals surface area contributed by atoms with E-state index >= 15 is 0 Å². The summed E-state index contributed by atoms with van der Waals surface area (Å²) in [6.45, 7) is 2.25. The van der Waals surface area contributed by atoms with E-state index in [-0.39, 0.29) is 11.5 Å². The summed E-state index contributed by atoms with van der Waals surface area (Å²) in [4.78, 5) is 10.2. The van der Waals surface area contributed by atoms with E-state index in [1.807, 2.05) is 0 Å². The predicted octanol–water partition coefficient (Wildman–Crippen LogP) is 5.08. The molecule has 0 aromatic rings. The van der Waals surface area contributed by atoms with Crippen LogP contribution in [-0.4, -0.2) is 26.2 Å². The van der Waals surface area contributed by atoms with Crippen molar-refractivity contribution in [3.05, 3.63) is 0 Å². The second-order valence-electron chi connectivity index (χ2n) is 6.38. The third-order valence-electron chi connectivity index (χ3n) is 4.13. The maximum atomic E-state index is 11.3. The molecule has 3 nitrogen and oxygen atoms in total. The van der Waals surface area contributed by atoms with Gasteiger partial charge in [-0.2, -0.15) is 0 Å². The summed E-state index contributed by atoms with van der Waals surface area (Å²) >= 11 is 0. The number of aldehydes is 1. The molecule has 0 aliphatic heterocycles. The molecule has 0 spiro atoms. The van der Waals surface area contributed by atoms with Crippen molar-refractivity contribution >= 4 is 16.1 Å². The molecule has 0 aromatic carbocycles. The largest absolute Gasteiger partial charge is 0.302 e. The SMILES string of the molecule is CCCCCCCCCCCCCCCCS(=O)(=O)CC=O. The predicted molar refractivity (Wildman–Crippen MR) is 95.0 cm³/mol. The second-order valence-corrected chi connectivity index (χ2v) is 8.61. The van der Waals surface area contributed by atoms with E-state index in [1.54, 1.807) is 0 Å². The lowest BCUT2D eigenvalue weighted by Gasteiger charge is -2.03. The third-order valence-corrected chi connectivity index (χ3v) is 5.69. The molecule has 0 radical (unpaired) electrons. The fraction of sp³-hybridized carbons (Fsp3) is 0.944. The Labute approximate surface area is 138 Å². The van der Waals surface area contributed by atoms with Gasteiger partial charge in [0.15, 0.2) is 9.84 Å². The zero-order valence-corrected chi connectivity index (χ0v) is 15.3. The van der Waals surface area contributed by atoms with Gasteiger partial charge in [0.1, 0.15) is 12.0 Å². The van der Waals surface area contributed by atoms with E-state index in [4.69, 9.17) is 0 Å². The number of carbonyl (C=O) groups is 1. The van der Waals surface area contributed by atoms with Crippen LogP contribution in [0.4, 0.5) is 0 Å². The average molecular weight is 333 g/mol. The molecular weight excluding hydrogens is 296 g/mol. The van der Waals surface area contributed by atoms with Crippen LogP contribution in [0.5, 0.6) is 0 Å². The molecule has 0 aromatic heterocycles. The van der Waals surface area contributed by atoms with Crippen molar-refractivity contribution in [1.29, 1.82) is 0 Å². The van der Waals surface area contributed by atoms with Crippen LogP contribution in [0.25, 0.3) is 0 Å². The maximum absolute atomic E-state index is 11.3. The summed E-state index contributed by atoms with van der Waals surface area (Å²) in [7, 11) is -3.12. The number of hydrogen-bond acceptors (Lipinski definition) is 3. The van der Waals surface area contributed by atoms with Crippen LogP contribution in [-0.2, 0) is 14.6 Å². The maximum Gasteiger partial charge on any atom is 0.157 e. The van der Waals surface area contributed by atoms with E-state index in [9.17, 15) is 13.2 Å². The third kappa shape index (κ3) is 16.0. The van der Waals surface area contributed by atoms with Gasteiger partial charge in [-0.25, -0.2) is 8.42 Å². The molecule has 0 saturated carbocycles. The van der Waals surface area contributed by atoms with Crippen molar-refractivity contribution in [1.82, 2.24) is 0 Å². The van der Waals surface area contributed by atoms with E-state index in [0.29, 0.717) is 12.7 Å². The zero-order chi connectivity index (χ0) is 16.5. The Morgan fingerprint density at radius 3 is 1.36 bits per heavy atom. The van der Waals surface area contributed by atoms with Gasteiger partial charge in [-0.05, 0) is 6.42 Å². The number of rotatable bonds is 17. The molecule has 0 heterocycles. The van der Waals surface area contributed by atoms with Gasteiger partial charge in [-0.3, -0.25) is 0 Å². The van der Waals surface area contributed by atoms with Gasteiger partial charge >= 0.3 is 0 Å². The van der Waals surface area contributed by atoms with Crippen LogP contribution in [0, 0.1) is 0 Å². The van der Waals surface area contributed by atoms with E-state index < -0.39 is 9.84 Å². The van der Waals surface area contributed by atoms with Crippen molar-refractivity contribution < 1.29 is 13.2 Å². The first-order chi connectivity index (χ1) is 10.6. The van der Waals surface area contributed by atoms with E-state index in [1.165, 1.54) is 70.6 Å². The first-order valence-electron chi connectivity index (χ1n) is 9.26. The molecule has 0 unspecified atom stereocenters. The monoisotopic (exact) mass is 332 g/mol. The Kier molecular flexibility index (Phi) is 15.2. The van der Waals surface area contributed by atoms with Gasteiger partial charge in [0.25, 0.3) is 0 Å². The smallest absolute Gasteiger partial charge is 0.157 e. The van der Waals surface area contributed by atoms with Crippen LogP contribution in [0.15, 0.2) is 0 Å². The first-order valence-corrected chi connectivity index (χ1v) is 11.1. The number of unbranched alkanes of at least 4 members (excludes halogenated alkanes) is 13. The lowest BCUT2D eigenvalue weighted by Crippen LogP contribution is -2.11. The average Bonchev–Trinajstić information content (AvgIpc) is 2.47. The lowest BCUT2D eigenvalue weighted by atomic mass is 10.0. The molecule has 0 rings (SSSR count). The van der Waals surface area contributed by atoms with Gasteiger partial charge in [-0.1, -0.05) is 90.4 Å². The quantitative estimate of drug-likeness (QED) is 0.276. The van der Waals surface area contributed by atoms with Crippen molar-refractivity contribution in [2.24, 2.45) is 0 Å². The van der Waals surface area contributed by atoms with Crippen LogP contribution in [0.2, 0.25) is 0 Å². The Hall–Kier alpha value is -0.380. The minimum atomic E-state index is -3.12. The zero-order valence-electron chi connectivity index (χ0n) is 14.5. The summed E-state index contributed by atoms with van der Waals surface area (Å²) in [5.41, 5.74) is 0. The molecule has 4 heteroatoms. The molecule has 0 fully saturated rings. The van der Waals surface area contributed by atoms with Crippen molar-refractivity contribution in [2.45, 2.75) is 96.8 Å². The highest BCUT2D eigenvalue weighted by Gasteiger charge is 2.08. The minimum absolute atomic E-state index is 0.170. The number of carbonyl (C=O) groups excluding carboxylic acids is 1. The molecule has 0 aliphatic carbocycles. The second kappa shape index (κ2) is 15.5. The lowest BCUT2D eigenvalue weighted by molar-refractivity contribution is -0.105. The normalized spacial score (nSPS) is 11.7. The highest BCUT2D eigenvalue weighted by molar-refractivity contribution is 7.91. The van der Waals surface area contributed by atoms with Crippen LogP contribution in [0.3, 0.4) is 0 Å². The Morgan fingerprint density at radius 2 is 1.00 bits per heavy atom. The molecule has 0 saturated heterocycles. The minimum Gasteiger partial charge on any atom is -0.302 e. The highest BCUT2D eigenvalue weighted by Crippen LogP contribution is 2.13. The summed E-state index contributed by atoms with van der Waals surface area (Å²) < 4.78 is 22.6. The molecule has 0 amide bonds. The Morgan fingerprint density at radius 1 is 0.636 bits per heavy atom. The van der Waals surface area contributed by atoms with E-state index in [0.717, 1.165) is 12.8 Å². The van der Waals surface area contributed by atoms with Crippen molar-refractivity contribution in [3.8, 4) is 0 Å². The van der Waals surface area contributed by atoms with Crippen LogP contribution >= 0.6 is 0 Å². The topological polar surface area (TPSA) is 51.2 Å². The number of hydrogen-bond donors (Lipinski definition) is 0. The Balaban J connectivity index is 3.16. The first kappa shape index (κ1) is 21.6. The van der Waals surface area contributed by atoms with Gasteiger partial charge in [0.05, 0.1) is 5.75 Å². The molecule has 0 N–H and O–H groups in total. The van der Waals surface area contributed by atoms with Crippen molar-refractivity contribution in [2.75, 3.05) is 11.5 Å². The standard InChI is InChI=1S/C18H36O3S/c1-2-3-4-5-6-7-8-9-10-11-12-13-14-15-17-22(20,21)18-16-19/h16H,2-15,17-18H2,1H3. The molecule has 0 atom stereocenters. The van der Waals surface area contributed by atoms with E-state index in [2.05, 4.69) is 6.92 Å². The molecule has 132 valence electrons. The summed E-state index contributed by atoms with van der Waals surface area (Å²) in [6.07, 6.45) is 18.1. The molecule has 22 heavy (non-hydrogen) atoms. The van der Waals surface area contributed by atoms with Crippen LogP contribution < -0.4 is 0 Å². The number of sulfone groups is 1. The summed E-state index contributed by atoms with van der Waals surface area (Å²) in [5.74, 6) is -0.144. The van der Waals surface area contributed by atoms with Gasteiger partial charge in [0.2, 0.25) is 0 Å². The van der Waals surface area contributed by atoms with Gasteiger partial charge in [-0.15, -0.1) is 0 Å². The van der Waals surface area contributed by atoms with Crippen molar-refractivity contribution in [3.63, 3.8) is 0 Å². The highest BCUT2D eigenvalue weighted by atomic mass is 32.2. The van der Waals surface area contributed by atoms with Crippen LogP contribution in [0.1, 0.15) is 96.8 Å². The fourth-order valence-corrected chi connectivity index (χ4v) is 3.72.